The highest BCUT2D eigenvalue weighted by Gasteiger charge is 2.22. The number of rotatable bonds is 8. The average molecular weight is 418 g/mol. The quantitative estimate of drug-likeness (QED) is 0.496. The van der Waals surface area contributed by atoms with Gasteiger partial charge in [-0.3, -0.25) is 10.1 Å². The summed E-state index contributed by atoms with van der Waals surface area (Å²) in [6.07, 6.45) is 5.60. The van der Waals surface area contributed by atoms with Crippen LogP contribution in [0, 0.1) is 0 Å². The van der Waals surface area contributed by atoms with Crippen molar-refractivity contribution in [3.05, 3.63) is 29.8 Å². The number of carbonyl (C=O) groups excluding carboxylic acids is 3. The number of nitrogens with one attached hydrogen (secondary N) is 2. The zero-order valence-electron chi connectivity index (χ0n) is 17.9. The van der Waals surface area contributed by atoms with E-state index in [0.717, 1.165) is 25.7 Å². The van der Waals surface area contributed by atoms with Crippen LogP contribution in [0.25, 0.3) is 6.08 Å². The second-order valence-corrected chi connectivity index (χ2v) is 7.43. The summed E-state index contributed by atoms with van der Waals surface area (Å²) < 4.78 is 16.0. The molecule has 0 aliphatic heterocycles. The number of imide groups is 1. The van der Waals surface area contributed by atoms with Gasteiger partial charge in [-0.25, -0.2) is 9.59 Å². The fourth-order valence-corrected chi connectivity index (χ4v) is 3.08. The predicted molar refractivity (Wildman–Crippen MR) is 112 cm³/mol. The third kappa shape index (κ3) is 7.42. The van der Waals surface area contributed by atoms with Crippen molar-refractivity contribution in [3.63, 3.8) is 0 Å². The lowest BCUT2D eigenvalue weighted by Crippen LogP contribution is -2.47. The maximum atomic E-state index is 12.0. The van der Waals surface area contributed by atoms with Crippen molar-refractivity contribution in [1.29, 1.82) is 0 Å². The number of hydrogen-bond acceptors (Lipinski definition) is 6. The molecular weight excluding hydrogens is 388 g/mol. The first-order valence-electron chi connectivity index (χ1n) is 10.1. The van der Waals surface area contributed by atoms with Gasteiger partial charge in [0.1, 0.15) is 0 Å². The van der Waals surface area contributed by atoms with Crippen LogP contribution in [0.4, 0.5) is 4.79 Å². The van der Waals surface area contributed by atoms with E-state index in [2.05, 4.69) is 10.6 Å². The Morgan fingerprint density at radius 1 is 1.10 bits per heavy atom. The number of amides is 3. The van der Waals surface area contributed by atoms with Crippen molar-refractivity contribution >= 4 is 24.0 Å². The van der Waals surface area contributed by atoms with Crippen molar-refractivity contribution in [2.24, 2.45) is 0 Å². The van der Waals surface area contributed by atoms with Crippen molar-refractivity contribution in [2.45, 2.75) is 64.7 Å². The molecule has 1 fully saturated rings. The number of esters is 1. The minimum atomic E-state index is -1.10. The van der Waals surface area contributed by atoms with Gasteiger partial charge in [0.2, 0.25) is 0 Å². The summed E-state index contributed by atoms with van der Waals surface area (Å²) in [6, 6.07) is 4.77. The summed E-state index contributed by atoms with van der Waals surface area (Å²) in [6.45, 7) is 5.24. The van der Waals surface area contributed by atoms with E-state index in [1.165, 1.54) is 20.1 Å². The van der Waals surface area contributed by atoms with Crippen LogP contribution in [0.2, 0.25) is 0 Å². The Labute approximate surface area is 176 Å². The van der Waals surface area contributed by atoms with Gasteiger partial charge < -0.3 is 19.5 Å². The molecule has 1 aliphatic rings. The lowest BCUT2D eigenvalue weighted by molar-refractivity contribution is -0.149. The third-order valence-corrected chi connectivity index (χ3v) is 4.55. The molecular formula is C22H30N2O6. The molecule has 1 aromatic rings. The molecule has 0 unspecified atom stereocenters. The molecule has 2 N–H and O–H groups in total. The lowest BCUT2D eigenvalue weighted by atomic mass is 10.2. The van der Waals surface area contributed by atoms with Crippen molar-refractivity contribution < 1.29 is 28.6 Å². The molecule has 8 nitrogen and oxygen atoms in total. The second kappa shape index (κ2) is 11.2. The number of methoxy groups -OCH3 is 1. The molecule has 8 heteroatoms. The largest absolute Gasteiger partial charge is 0.493 e. The van der Waals surface area contributed by atoms with Gasteiger partial charge in [0.25, 0.3) is 5.91 Å². The van der Waals surface area contributed by atoms with Gasteiger partial charge in [0, 0.05) is 12.1 Å². The SMILES string of the molecule is COc1cc(/C=C/C(=O)O[C@@H](C)C(=O)NC(=O)NC2CCCC2)ccc1OC(C)C. The van der Waals surface area contributed by atoms with Gasteiger partial charge in [-0.1, -0.05) is 18.9 Å². The normalized spacial score (nSPS) is 15.1. The molecule has 30 heavy (non-hydrogen) atoms. The summed E-state index contributed by atoms with van der Waals surface area (Å²) in [4.78, 5) is 35.9. The molecule has 3 amide bonds. The summed E-state index contributed by atoms with van der Waals surface area (Å²) >= 11 is 0. The van der Waals surface area contributed by atoms with Crippen LogP contribution in [-0.4, -0.2) is 43.3 Å². The first kappa shape index (κ1) is 23.3. The van der Waals surface area contributed by atoms with Crippen LogP contribution in [0.3, 0.4) is 0 Å². The summed E-state index contributed by atoms with van der Waals surface area (Å²) in [5.41, 5.74) is 0.702. The van der Waals surface area contributed by atoms with E-state index < -0.39 is 24.0 Å². The zero-order valence-corrected chi connectivity index (χ0v) is 17.9. The van der Waals surface area contributed by atoms with E-state index in [4.69, 9.17) is 14.2 Å². The molecule has 2 rings (SSSR count). The van der Waals surface area contributed by atoms with Crippen LogP contribution in [-0.2, 0) is 14.3 Å². The molecule has 1 aliphatic carbocycles. The van der Waals surface area contributed by atoms with E-state index in [9.17, 15) is 14.4 Å². The van der Waals surface area contributed by atoms with Gasteiger partial charge >= 0.3 is 12.0 Å². The van der Waals surface area contributed by atoms with E-state index in [0.29, 0.717) is 17.1 Å². The van der Waals surface area contributed by atoms with Crippen molar-refractivity contribution in [3.8, 4) is 11.5 Å². The number of carbonyl (C=O) groups is 3. The van der Waals surface area contributed by atoms with Crippen LogP contribution in [0.15, 0.2) is 24.3 Å². The fourth-order valence-electron chi connectivity index (χ4n) is 3.08. The van der Waals surface area contributed by atoms with Gasteiger partial charge in [-0.15, -0.1) is 0 Å². The smallest absolute Gasteiger partial charge is 0.331 e. The fraction of sp³-hybridized carbons (Fsp3) is 0.500. The van der Waals surface area contributed by atoms with Crippen LogP contribution >= 0.6 is 0 Å². The maximum Gasteiger partial charge on any atom is 0.331 e. The summed E-state index contributed by atoms with van der Waals surface area (Å²) in [5, 5.41) is 4.95. The Balaban J connectivity index is 1.85. The highest BCUT2D eigenvalue weighted by atomic mass is 16.5. The Morgan fingerprint density at radius 2 is 1.80 bits per heavy atom. The van der Waals surface area contributed by atoms with Crippen LogP contribution in [0.1, 0.15) is 52.0 Å². The zero-order chi connectivity index (χ0) is 22.1. The molecule has 164 valence electrons. The highest BCUT2D eigenvalue weighted by Crippen LogP contribution is 2.29. The van der Waals surface area contributed by atoms with Crippen molar-refractivity contribution in [1.82, 2.24) is 10.6 Å². The van der Waals surface area contributed by atoms with Gasteiger partial charge in [0.05, 0.1) is 13.2 Å². The predicted octanol–water partition coefficient (Wildman–Crippen LogP) is 3.20. The Hall–Kier alpha value is -3.03. The van der Waals surface area contributed by atoms with E-state index in [1.807, 2.05) is 13.8 Å². The molecule has 0 spiro atoms. The molecule has 0 radical (unpaired) electrons. The molecule has 0 saturated heterocycles. The number of urea groups is 1. The first-order valence-corrected chi connectivity index (χ1v) is 10.1. The average Bonchev–Trinajstić information content (AvgIpc) is 3.19. The maximum absolute atomic E-state index is 12.0. The van der Waals surface area contributed by atoms with Crippen LogP contribution in [0.5, 0.6) is 11.5 Å². The minimum absolute atomic E-state index is 0.00292. The lowest BCUT2D eigenvalue weighted by Gasteiger charge is -2.15. The number of ether oxygens (including phenoxy) is 3. The number of hydrogen-bond donors (Lipinski definition) is 2. The van der Waals surface area contributed by atoms with Gasteiger partial charge in [0.15, 0.2) is 17.6 Å². The molecule has 0 heterocycles. The van der Waals surface area contributed by atoms with Gasteiger partial charge in [-0.05, 0) is 57.4 Å². The Bertz CT molecular complexity index is 784. The molecule has 1 saturated carbocycles. The number of benzene rings is 1. The Kier molecular flexibility index (Phi) is 8.70. The van der Waals surface area contributed by atoms with E-state index in [-0.39, 0.29) is 12.1 Å². The monoisotopic (exact) mass is 418 g/mol. The topological polar surface area (TPSA) is 103 Å². The second-order valence-electron chi connectivity index (χ2n) is 7.43. The Morgan fingerprint density at radius 3 is 2.43 bits per heavy atom. The molecule has 1 atom stereocenters. The molecule has 0 bridgehead atoms. The van der Waals surface area contributed by atoms with Crippen LogP contribution < -0.4 is 20.1 Å². The van der Waals surface area contributed by atoms with Gasteiger partial charge in [-0.2, -0.15) is 0 Å². The summed E-state index contributed by atoms with van der Waals surface area (Å²) in [5.74, 6) is -0.229. The first-order chi connectivity index (χ1) is 14.3. The standard InChI is InChI=1S/C22H30N2O6/c1-14(2)29-18-11-9-16(13-19(18)28-4)10-12-20(25)30-15(3)21(26)24-22(27)23-17-7-5-6-8-17/h9-15,17H,5-8H2,1-4H3,(H2,23,24,26,27)/b12-10+/t15-/m0/s1. The highest BCUT2D eigenvalue weighted by molar-refractivity contribution is 5.98. The van der Waals surface area contributed by atoms with Crippen molar-refractivity contribution in [2.75, 3.05) is 7.11 Å². The van der Waals surface area contributed by atoms with E-state index >= 15 is 0 Å². The van der Waals surface area contributed by atoms with E-state index in [1.54, 1.807) is 24.3 Å². The molecule has 0 aromatic heterocycles. The summed E-state index contributed by atoms with van der Waals surface area (Å²) in [7, 11) is 1.54. The minimum Gasteiger partial charge on any atom is -0.493 e. The molecule has 1 aromatic carbocycles. The third-order valence-electron chi connectivity index (χ3n) is 4.55.